The maximum absolute atomic E-state index is 12.1. The molecule has 0 atom stereocenters. The van der Waals surface area contributed by atoms with Crippen molar-refractivity contribution in [2.75, 3.05) is 20.1 Å². The molecule has 0 aliphatic rings. The lowest BCUT2D eigenvalue weighted by atomic mass is 10.3. The van der Waals surface area contributed by atoms with E-state index in [2.05, 4.69) is 4.98 Å². The van der Waals surface area contributed by atoms with E-state index < -0.39 is 5.97 Å². The summed E-state index contributed by atoms with van der Waals surface area (Å²) in [6, 6.07) is 3.39. The van der Waals surface area contributed by atoms with Crippen molar-refractivity contribution in [1.82, 2.24) is 14.8 Å². The maximum atomic E-state index is 12.1. The summed E-state index contributed by atoms with van der Waals surface area (Å²) in [7, 11) is 1.65. The molecule has 2 amide bonds. The summed E-state index contributed by atoms with van der Waals surface area (Å²) in [5, 5.41) is 8.81. The molecule has 0 aliphatic carbocycles. The van der Waals surface area contributed by atoms with Gasteiger partial charge in [-0.3, -0.25) is 9.78 Å². The Kier molecular flexibility index (Phi) is 5.78. The molecule has 1 aromatic rings. The SMILES string of the molecule is CCCN(CC(=O)O)C(=O)N(C)Cc1cccnc1. The molecule has 0 saturated heterocycles. The normalized spacial score (nSPS) is 10.0. The molecule has 0 radical (unpaired) electrons. The fraction of sp³-hybridized carbons (Fsp3) is 0.462. The quantitative estimate of drug-likeness (QED) is 0.844. The third-order valence-corrected chi connectivity index (χ3v) is 2.56. The van der Waals surface area contributed by atoms with E-state index in [1.165, 1.54) is 9.80 Å². The van der Waals surface area contributed by atoms with E-state index in [1.807, 2.05) is 13.0 Å². The van der Waals surface area contributed by atoms with Crippen LogP contribution in [-0.2, 0) is 11.3 Å². The molecule has 0 bridgehead atoms. The topological polar surface area (TPSA) is 73.7 Å². The van der Waals surface area contributed by atoms with Crippen molar-refractivity contribution in [3.8, 4) is 0 Å². The number of amides is 2. The predicted octanol–water partition coefficient (Wildman–Crippen LogP) is 1.43. The Morgan fingerprint density at radius 2 is 2.16 bits per heavy atom. The minimum Gasteiger partial charge on any atom is -0.480 e. The second-order valence-electron chi connectivity index (χ2n) is 4.32. The van der Waals surface area contributed by atoms with Gasteiger partial charge in [-0.15, -0.1) is 0 Å². The van der Waals surface area contributed by atoms with Crippen molar-refractivity contribution < 1.29 is 14.7 Å². The number of carboxylic acid groups (broad SMARTS) is 1. The van der Waals surface area contributed by atoms with Gasteiger partial charge in [-0.2, -0.15) is 0 Å². The summed E-state index contributed by atoms with van der Waals surface area (Å²) >= 11 is 0. The van der Waals surface area contributed by atoms with Crippen molar-refractivity contribution >= 4 is 12.0 Å². The van der Waals surface area contributed by atoms with Crippen LogP contribution in [0.25, 0.3) is 0 Å². The Bertz CT molecular complexity index is 422. The molecule has 0 aliphatic heterocycles. The van der Waals surface area contributed by atoms with Gasteiger partial charge in [-0.05, 0) is 18.1 Å². The summed E-state index contributed by atoms with van der Waals surface area (Å²) in [5.74, 6) is -1.00. The number of aliphatic carboxylic acids is 1. The third-order valence-electron chi connectivity index (χ3n) is 2.56. The molecule has 1 rings (SSSR count). The van der Waals surface area contributed by atoms with E-state index in [4.69, 9.17) is 5.11 Å². The molecule has 0 aromatic carbocycles. The molecule has 1 N–H and O–H groups in total. The Morgan fingerprint density at radius 3 is 2.68 bits per heavy atom. The highest BCUT2D eigenvalue weighted by molar-refractivity contribution is 5.80. The number of urea groups is 1. The van der Waals surface area contributed by atoms with Gasteiger partial charge >= 0.3 is 12.0 Å². The Labute approximate surface area is 112 Å². The predicted molar refractivity (Wildman–Crippen MR) is 70.6 cm³/mol. The highest BCUT2D eigenvalue weighted by Crippen LogP contribution is 2.05. The molecule has 19 heavy (non-hydrogen) atoms. The van der Waals surface area contributed by atoms with Crippen LogP contribution in [-0.4, -0.2) is 52.0 Å². The van der Waals surface area contributed by atoms with Crippen molar-refractivity contribution in [1.29, 1.82) is 0 Å². The fourth-order valence-electron chi connectivity index (χ4n) is 1.75. The number of nitrogens with zero attached hydrogens (tertiary/aromatic N) is 3. The Hall–Kier alpha value is -2.11. The van der Waals surface area contributed by atoms with Crippen LogP contribution in [0.1, 0.15) is 18.9 Å². The number of carbonyl (C=O) groups excluding carboxylic acids is 1. The highest BCUT2D eigenvalue weighted by Gasteiger charge is 2.19. The molecule has 0 fully saturated rings. The standard InChI is InChI=1S/C13H19N3O3/c1-3-7-16(10-12(17)18)13(19)15(2)9-11-5-4-6-14-8-11/h4-6,8H,3,7,9-10H2,1-2H3,(H,17,18). The van der Waals surface area contributed by atoms with Crippen LogP contribution in [0.15, 0.2) is 24.5 Å². The first-order valence-corrected chi connectivity index (χ1v) is 6.15. The van der Waals surface area contributed by atoms with Gasteiger partial charge in [0.25, 0.3) is 0 Å². The largest absolute Gasteiger partial charge is 0.480 e. The number of rotatable bonds is 6. The van der Waals surface area contributed by atoms with Crippen LogP contribution in [0.2, 0.25) is 0 Å². The maximum Gasteiger partial charge on any atom is 0.323 e. The zero-order chi connectivity index (χ0) is 14.3. The van der Waals surface area contributed by atoms with Crippen molar-refractivity contribution in [3.05, 3.63) is 30.1 Å². The van der Waals surface area contributed by atoms with Crippen LogP contribution in [0.4, 0.5) is 4.79 Å². The molecule has 6 nitrogen and oxygen atoms in total. The van der Waals surface area contributed by atoms with Crippen molar-refractivity contribution in [2.24, 2.45) is 0 Å². The van der Waals surface area contributed by atoms with Crippen molar-refractivity contribution in [3.63, 3.8) is 0 Å². The van der Waals surface area contributed by atoms with Gasteiger partial charge < -0.3 is 14.9 Å². The molecule has 0 saturated carbocycles. The van der Waals surface area contributed by atoms with Crippen LogP contribution in [0, 0.1) is 0 Å². The van der Waals surface area contributed by atoms with Gasteiger partial charge in [0.15, 0.2) is 0 Å². The lowest BCUT2D eigenvalue weighted by molar-refractivity contribution is -0.137. The summed E-state index contributed by atoms with van der Waals surface area (Å²) in [6.45, 7) is 2.47. The molecule has 1 heterocycles. The molecule has 104 valence electrons. The second-order valence-corrected chi connectivity index (χ2v) is 4.32. The highest BCUT2D eigenvalue weighted by atomic mass is 16.4. The molecule has 0 unspecified atom stereocenters. The number of carboxylic acids is 1. The first-order valence-electron chi connectivity index (χ1n) is 6.15. The number of aromatic nitrogens is 1. The van der Waals surface area contributed by atoms with E-state index in [0.29, 0.717) is 13.1 Å². The molecule has 0 spiro atoms. The van der Waals surface area contributed by atoms with E-state index in [-0.39, 0.29) is 12.6 Å². The second kappa shape index (κ2) is 7.35. The third kappa shape index (κ3) is 4.95. The summed E-state index contributed by atoms with van der Waals surface area (Å²) < 4.78 is 0. The Morgan fingerprint density at radius 1 is 1.42 bits per heavy atom. The smallest absolute Gasteiger partial charge is 0.323 e. The fourth-order valence-corrected chi connectivity index (χ4v) is 1.75. The number of hydrogen-bond donors (Lipinski definition) is 1. The van der Waals surface area contributed by atoms with Crippen LogP contribution < -0.4 is 0 Å². The van der Waals surface area contributed by atoms with E-state index in [1.54, 1.807) is 25.5 Å². The Balaban J connectivity index is 2.65. The van der Waals surface area contributed by atoms with E-state index in [9.17, 15) is 9.59 Å². The average molecular weight is 265 g/mol. The van der Waals surface area contributed by atoms with Gasteiger partial charge in [-0.25, -0.2) is 4.79 Å². The van der Waals surface area contributed by atoms with Gasteiger partial charge in [0.2, 0.25) is 0 Å². The van der Waals surface area contributed by atoms with Gasteiger partial charge in [-0.1, -0.05) is 13.0 Å². The number of hydrogen-bond acceptors (Lipinski definition) is 3. The zero-order valence-corrected chi connectivity index (χ0v) is 11.2. The lowest BCUT2D eigenvalue weighted by Gasteiger charge is -2.26. The summed E-state index contributed by atoms with van der Waals surface area (Å²) in [4.78, 5) is 29.7. The zero-order valence-electron chi connectivity index (χ0n) is 11.2. The summed E-state index contributed by atoms with van der Waals surface area (Å²) in [6.07, 6.45) is 4.07. The van der Waals surface area contributed by atoms with Gasteiger partial charge in [0, 0.05) is 32.5 Å². The van der Waals surface area contributed by atoms with E-state index >= 15 is 0 Å². The molecular formula is C13H19N3O3. The first-order chi connectivity index (χ1) is 9.04. The van der Waals surface area contributed by atoms with E-state index in [0.717, 1.165) is 12.0 Å². The van der Waals surface area contributed by atoms with Crippen molar-refractivity contribution in [2.45, 2.75) is 19.9 Å². The minimum atomic E-state index is -1.00. The van der Waals surface area contributed by atoms with Gasteiger partial charge in [0.1, 0.15) is 6.54 Å². The number of pyridine rings is 1. The monoisotopic (exact) mass is 265 g/mol. The van der Waals surface area contributed by atoms with Crippen LogP contribution in [0.3, 0.4) is 0 Å². The average Bonchev–Trinajstić information content (AvgIpc) is 2.38. The number of carbonyl (C=O) groups is 2. The lowest BCUT2D eigenvalue weighted by Crippen LogP contribution is -2.43. The summed E-state index contributed by atoms with van der Waals surface area (Å²) in [5.41, 5.74) is 0.908. The first kappa shape index (κ1) is 14.9. The molecular weight excluding hydrogens is 246 g/mol. The van der Waals surface area contributed by atoms with Crippen LogP contribution >= 0.6 is 0 Å². The molecule has 6 heteroatoms. The van der Waals surface area contributed by atoms with Crippen LogP contribution in [0.5, 0.6) is 0 Å². The molecule has 1 aromatic heterocycles. The van der Waals surface area contributed by atoms with Gasteiger partial charge in [0.05, 0.1) is 0 Å². The minimum absolute atomic E-state index is 0.274.